The lowest BCUT2D eigenvalue weighted by Crippen LogP contribution is -2.49. The summed E-state index contributed by atoms with van der Waals surface area (Å²) < 4.78 is 0. The zero-order chi connectivity index (χ0) is 22.8. The Bertz CT molecular complexity index is 1220. The lowest BCUT2D eigenvalue weighted by molar-refractivity contribution is -0.128. The first kappa shape index (κ1) is 20.7. The van der Waals surface area contributed by atoms with Crippen molar-refractivity contribution in [3.8, 4) is 11.1 Å². The molecule has 4 aromatic rings. The number of nitrogens with two attached hydrogens (primary N) is 1. The molecule has 0 saturated carbocycles. The predicted octanol–water partition coefficient (Wildman–Crippen LogP) is 4.60. The van der Waals surface area contributed by atoms with Crippen molar-refractivity contribution in [2.45, 2.75) is 17.9 Å². The summed E-state index contributed by atoms with van der Waals surface area (Å²) in [6, 6.07) is 34.3. The van der Waals surface area contributed by atoms with Crippen molar-refractivity contribution in [2.24, 2.45) is 5.73 Å². The van der Waals surface area contributed by atoms with E-state index in [0.29, 0.717) is 0 Å². The monoisotopic (exact) mass is 432 g/mol. The summed E-state index contributed by atoms with van der Waals surface area (Å²) >= 11 is 0. The number of hydrogen-bond donors (Lipinski definition) is 2. The number of carbonyl (C=O) groups is 2. The lowest BCUT2D eigenvalue weighted by Gasteiger charge is -2.28. The highest BCUT2D eigenvalue weighted by Crippen LogP contribution is 2.44. The maximum Gasteiger partial charge on any atom is 0.240 e. The topological polar surface area (TPSA) is 72.2 Å². The minimum absolute atomic E-state index is 0.229. The van der Waals surface area contributed by atoms with Crippen LogP contribution in [-0.2, 0) is 9.59 Å². The number of rotatable bonds is 6. The Labute approximate surface area is 193 Å². The summed E-state index contributed by atoms with van der Waals surface area (Å²) in [7, 11) is 0. The van der Waals surface area contributed by atoms with E-state index in [1.807, 2.05) is 109 Å². The van der Waals surface area contributed by atoms with Gasteiger partial charge >= 0.3 is 0 Å². The number of nitrogens with one attached hydrogen (secondary N) is 1. The number of benzene rings is 4. The molecule has 0 heterocycles. The van der Waals surface area contributed by atoms with Gasteiger partial charge in [0.1, 0.15) is 6.04 Å². The second kappa shape index (κ2) is 8.75. The van der Waals surface area contributed by atoms with Crippen molar-refractivity contribution in [3.63, 3.8) is 0 Å². The van der Waals surface area contributed by atoms with Crippen molar-refractivity contribution in [3.05, 3.63) is 131 Å². The van der Waals surface area contributed by atoms with Gasteiger partial charge in [0.15, 0.2) is 0 Å². The Morgan fingerprint density at radius 3 is 1.52 bits per heavy atom. The van der Waals surface area contributed by atoms with Gasteiger partial charge in [-0.3, -0.25) is 9.59 Å². The number of hydrogen-bond acceptors (Lipinski definition) is 2. The first-order valence-electron chi connectivity index (χ1n) is 11.0. The Morgan fingerprint density at radius 1 is 0.636 bits per heavy atom. The molecular weight excluding hydrogens is 408 g/mol. The van der Waals surface area contributed by atoms with Crippen LogP contribution >= 0.6 is 0 Å². The molecule has 1 aliphatic rings. The summed E-state index contributed by atoms with van der Waals surface area (Å²) in [6.07, 6.45) is 0. The van der Waals surface area contributed by atoms with Crippen LogP contribution in [0.3, 0.4) is 0 Å². The van der Waals surface area contributed by atoms with Gasteiger partial charge in [-0.15, -0.1) is 0 Å². The Hall–Kier alpha value is -4.18. The highest BCUT2D eigenvalue weighted by Gasteiger charge is 2.37. The molecule has 162 valence electrons. The third-order valence-electron chi connectivity index (χ3n) is 6.35. The van der Waals surface area contributed by atoms with Crippen LogP contribution in [0.5, 0.6) is 0 Å². The van der Waals surface area contributed by atoms with Gasteiger partial charge < -0.3 is 11.1 Å². The smallest absolute Gasteiger partial charge is 0.240 e. The third-order valence-corrected chi connectivity index (χ3v) is 6.35. The molecule has 2 amide bonds. The zero-order valence-corrected chi connectivity index (χ0v) is 18.0. The molecule has 0 fully saturated rings. The van der Waals surface area contributed by atoms with Crippen LogP contribution in [0, 0.1) is 0 Å². The summed E-state index contributed by atoms with van der Waals surface area (Å²) in [5.41, 5.74) is 11.7. The van der Waals surface area contributed by atoms with Crippen LogP contribution in [-0.4, -0.2) is 17.9 Å². The number of primary amides is 1. The summed E-state index contributed by atoms with van der Waals surface area (Å²) in [4.78, 5) is 26.5. The first-order valence-corrected chi connectivity index (χ1v) is 11.0. The second-order valence-electron chi connectivity index (χ2n) is 8.30. The number of carbonyl (C=O) groups excluding carboxylic acids is 2. The molecule has 4 aromatic carbocycles. The van der Waals surface area contributed by atoms with Crippen LogP contribution in [0.4, 0.5) is 0 Å². The molecule has 0 saturated heterocycles. The van der Waals surface area contributed by atoms with E-state index in [-0.39, 0.29) is 5.91 Å². The average Bonchev–Trinajstić information content (AvgIpc) is 3.19. The van der Waals surface area contributed by atoms with Crippen molar-refractivity contribution in [2.75, 3.05) is 0 Å². The SMILES string of the molecule is NC(=O)[C@@H](NC(=O)C1c2ccccc2-c2ccccc21)C(c1ccccc1)c1ccccc1. The average molecular weight is 433 g/mol. The van der Waals surface area contributed by atoms with Crippen molar-refractivity contribution in [1.29, 1.82) is 0 Å². The van der Waals surface area contributed by atoms with Crippen LogP contribution < -0.4 is 11.1 Å². The normalized spacial score (nSPS) is 13.2. The van der Waals surface area contributed by atoms with Gasteiger partial charge in [0.25, 0.3) is 0 Å². The van der Waals surface area contributed by atoms with Crippen LogP contribution in [0.25, 0.3) is 11.1 Å². The molecule has 3 N–H and O–H groups in total. The molecule has 33 heavy (non-hydrogen) atoms. The molecule has 0 unspecified atom stereocenters. The fraction of sp³-hybridized carbons (Fsp3) is 0.103. The maximum atomic E-state index is 13.7. The van der Waals surface area contributed by atoms with Crippen LogP contribution in [0.1, 0.15) is 34.1 Å². The van der Waals surface area contributed by atoms with Gasteiger partial charge in [-0.25, -0.2) is 0 Å². The minimum atomic E-state index is -0.901. The summed E-state index contributed by atoms with van der Waals surface area (Å²) in [5, 5.41) is 3.02. The fourth-order valence-corrected chi connectivity index (χ4v) is 4.89. The Kier molecular flexibility index (Phi) is 5.49. The quantitative estimate of drug-likeness (QED) is 0.467. The van der Waals surface area contributed by atoms with Crippen molar-refractivity contribution in [1.82, 2.24) is 5.32 Å². The fourth-order valence-electron chi connectivity index (χ4n) is 4.89. The largest absolute Gasteiger partial charge is 0.368 e. The standard InChI is InChI=1S/C29H24N2O2/c30-28(32)27(25(19-11-3-1-4-12-19)20-13-5-2-6-14-20)31-29(33)26-23-17-9-7-15-21(23)22-16-8-10-18-24(22)26/h1-18,25-27H,(H2,30,32)(H,31,33)/t27-/m0/s1. The van der Waals surface area contributed by atoms with Gasteiger partial charge in [-0.1, -0.05) is 109 Å². The second-order valence-corrected chi connectivity index (χ2v) is 8.30. The van der Waals surface area contributed by atoms with Crippen molar-refractivity contribution < 1.29 is 9.59 Å². The lowest BCUT2D eigenvalue weighted by atomic mass is 9.84. The molecule has 0 bridgehead atoms. The molecule has 0 spiro atoms. The molecule has 0 aliphatic heterocycles. The first-order chi connectivity index (χ1) is 16.1. The van der Waals surface area contributed by atoms with Gasteiger partial charge in [-0.05, 0) is 33.4 Å². The van der Waals surface area contributed by atoms with E-state index in [4.69, 9.17) is 5.73 Å². The van der Waals surface area contributed by atoms with Crippen LogP contribution in [0.15, 0.2) is 109 Å². The molecule has 1 aliphatic carbocycles. The summed E-state index contributed by atoms with van der Waals surface area (Å²) in [6.45, 7) is 0. The molecule has 4 heteroatoms. The van der Waals surface area contributed by atoms with Gasteiger partial charge in [0, 0.05) is 5.92 Å². The third kappa shape index (κ3) is 3.80. The van der Waals surface area contributed by atoms with Crippen LogP contribution in [0.2, 0.25) is 0 Å². The van der Waals surface area contributed by atoms with Gasteiger partial charge in [0.05, 0.1) is 5.92 Å². The molecule has 5 rings (SSSR count). The Morgan fingerprint density at radius 2 is 1.06 bits per heavy atom. The van der Waals surface area contributed by atoms with E-state index in [9.17, 15) is 9.59 Å². The van der Waals surface area contributed by atoms with Gasteiger partial charge in [0.2, 0.25) is 11.8 Å². The molecule has 1 atom stereocenters. The van der Waals surface area contributed by atoms with E-state index in [2.05, 4.69) is 5.32 Å². The Balaban J connectivity index is 1.55. The molecular formula is C29H24N2O2. The highest BCUT2D eigenvalue weighted by atomic mass is 16.2. The molecule has 4 nitrogen and oxygen atoms in total. The minimum Gasteiger partial charge on any atom is -0.368 e. The van der Waals surface area contributed by atoms with E-state index in [1.54, 1.807) is 0 Å². The zero-order valence-electron chi connectivity index (χ0n) is 18.0. The maximum absolute atomic E-state index is 13.7. The number of fused-ring (bicyclic) bond motifs is 3. The molecule has 0 radical (unpaired) electrons. The van der Waals surface area contributed by atoms with E-state index in [1.165, 1.54) is 0 Å². The van der Waals surface area contributed by atoms with E-state index < -0.39 is 23.8 Å². The molecule has 0 aromatic heterocycles. The van der Waals surface area contributed by atoms with Crippen molar-refractivity contribution >= 4 is 11.8 Å². The number of amides is 2. The summed E-state index contributed by atoms with van der Waals surface area (Å²) in [5.74, 6) is -1.69. The highest BCUT2D eigenvalue weighted by molar-refractivity contribution is 5.98. The van der Waals surface area contributed by atoms with Gasteiger partial charge in [-0.2, -0.15) is 0 Å². The predicted molar refractivity (Wildman–Crippen MR) is 130 cm³/mol. The van der Waals surface area contributed by atoms with E-state index >= 15 is 0 Å². The van der Waals surface area contributed by atoms with E-state index in [0.717, 1.165) is 33.4 Å².